The first-order valence-corrected chi connectivity index (χ1v) is 16.5. The van der Waals surface area contributed by atoms with Gasteiger partial charge < -0.3 is 9.80 Å². The third-order valence-electron chi connectivity index (χ3n) is 9.45. The second-order valence-electron chi connectivity index (χ2n) is 12.1. The molecule has 1 amide bonds. The van der Waals surface area contributed by atoms with Gasteiger partial charge in [0.05, 0.1) is 6.04 Å². The van der Waals surface area contributed by atoms with Crippen LogP contribution in [-0.2, 0) is 17.6 Å². The number of nitrogens with zero attached hydrogens (tertiary/aromatic N) is 3. The molecular formula is C33H46Cl5N3O. The first kappa shape index (κ1) is 35.8. The fourth-order valence-electron chi connectivity index (χ4n) is 7.07. The zero-order valence-electron chi connectivity index (χ0n) is 24.7. The molecule has 2 aromatic carbocycles. The maximum atomic E-state index is 14.0. The van der Waals surface area contributed by atoms with Crippen LogP contribution in [0.1, 0.15) is 74.5 Å². The van der Waals surface area contributed by atoms with Gasteiger partial charge in [0.1, 0.15) is 0 Å². The quantitative estimate of drug-likeness (QED) is 0.252. The van der Waals surface area contributed by atoms with Crippen LogP contribution < -0.4 is 0 Å². The molecule has 1 unspecified atom stereocenters. The van der Waals surface area contributed by atoms with Gasteiger partial charge in [-0.05, 0) is 130 Å². The summed E-state index contributed by atoms with van der Waals surface area (Å²) in [4.78, 5) is 21.1. The minimum atomic E-state index is -0.167. The van der Waals surface area contributed by atoms with Gasteiger partial charge >= 0.3 is 0 Å². The van der Waals surface area contributed by atoms with E-state index in [1.54, 1.807) is 6.07 Å². The number of hydrogen-bond donors (Lipinski definition) is 0. The Balaban J connectivity index is 0.00000242. The van der Waals surface area contributed by atoms with Crippen molar-refractivity contribution < 1.29 is 4.79 Å². The van der Waals surface area contributed by atoms with Gasteiger partial charge in [0.2, 0.25) is 5.91 Å². The fourth-order valence-corrected chi connectivity index (χ4v) is 7.75. The smallest absolute Gasteiger partial charge is 0.240 e. The maximum absolute atomic E-state index is 14.0. The largest absolute Gasteiger partial charge is 0.341 e. The molecule has 2 aromatic rings. The Bertz CT molecular complexity index is 1140. The summed E-state index contributed by atoms with van der Waals surface area (Å²) >= 11 is 19.2. The molecular weight excluding hydrogens is 632 g/mol. The Hall–Kier alpha value is -0.720. The lowest BCUT2D eigenvalue weighted by Gasteiger charge is -2.37. The number of piperidine rings is 1. The lowest BCUT2D eigenvalue weighted by Crippen LogP contribution is -2.51. The average Bonchev–Trinajstić information content (AvgIpc) is 3.67. The molecule has 3 aliphatic rings. The molecule has 0 spiro atoms. The van der Waals surface area contributed by atoms with E-state index in [1.807, 2.05) is 12.1 Å². The van der Waals surface area contributed by atoms with Crippen LogP contribution in [0.2, 0.25) is 15.1 Å². The molecule has 0 saturated carbocycles. The minimum absolute atomic E-state index is 0. The maximum Gasteiger partial charge on any atom is 0.240 e. The van der Waals surface area contributed by atoms with Crippen LogP contribution in [0.4, 0.5) is 0 Å². The van der Waals surface area contributed by atoms with Crippen LogP contribution >= 0.6 is 59.6 Å². The van der Waals surface area contributed by atoms with Gasteiger partial charge in [-0.15, -0.1) is 24.8 Å². The summed E-state index contributed by atoms with van der Waals surface area (Å²) < 4.78 is 0. The molecule has 3 saturated heterocycles. The summed E-state index contributed by atoms with van der Waals surface area (Å²) in [5.74, 6) is 1.37. The van der Waals surface area contributed by atoms with Gasteiger partial charge in [-0.2, -0.15) is 0 Å². The molecule has 2 atom stereocenters. The Labute approximate surface area is 280 Å². The highest BCUT2D eigenvalue weighted by atomic mass is 35.5. The lowest BCUT2D eigenvalue weighted by atomic mass is 9.83. The molecule has 3 heterocycles. The average molecular weight is 678 g/mol. The predicted molar refractivity (Wildman–Crippen MR) is 182 cm³/mol. The van der Waals surface area contributed by atoms with Gasteiger partial charge in [-0.25, -0.2) is 0 Å². The van der Waals surface area contributed by atoms with Crippen LogP contribution in [0, 0.1) is 5.92 Å². The second-order valence-corrected chi connectivity index (χ2v) is 13.4. The minimum Gasteiger partial charge on any atom is -0.341 e. The van der Waals surface area contributed by atoms with Crippen molar-refractivity contribution in [3.63, 3.8) is 0 Å². The molecule has 0 aliphatic carbocycles. The molecule has 0 aromatic heterocycles. The SMILES string of the molecule is CCC(Cc1cc(Cl)ccc1C1CCN(C(=O)[C@@H](Cc2ccc(Cl)cc2Cl)N2CCCC2)CC1)CN1CCCC1.Cl.Cl. The van der Waals surface area contributed by atoms with E-state index >= 15 is 0 Å². The summed E-state index contributed by atoms with van der Waals surface area (Å²) in [5.41, 5.74) is 3.85. The normalized spacial score (nSPS) is 19.8. The van der Waals surface area contributed by atoms with E-state index in [1.165, 1.54) is 50.0 Å². The van der Waals surface area contributed by atoms with Crippen molar-refractivity contribution in [2.75, 3.05) is 45.8 Å². The standard InChI is InChI=1S/C33H44Cl3N3O.2ClH/c1-2-24(23-37-13-3-4-14-37)19-27-20-28(34)9-10-30(27)25-11-17-39(18-12-25)33(40)32(38-15-5-6-16-38)21-26-7-8-29(35)22-31(26)36;;/h7-10,20,22,24-25,32H,2-6,11-19,21,23H2,1H3;2*1H/t24?,32-;;/m1../s1. The van der Waals surface area contributed by atoms with Gasteiger partial charge in [-0.1, -0.05) is 60.3 Å². The van der Waals surface area contributed by atoms with Gasteiger partial charge in [0, 0.05) is 34.7 Å². The molecule has 0 N–H and O–H groups in total. The highest BCUT2D eigenvalue weighted by molar-refractivity contribution is 6.35. The first-order valence-electron chi connectivity index (χ1n) is 15.4. The Morgan fingerprint density at radius 2 is 1.43 bits per heavy atom. The van der Waals surface area contributed by atoms with E-state index in [2.05, 4.69) is 39.8 Å². The van der Waals surface area contributed by atoms with Crippen LogP contribution in [0.25, 0.3) is 0 Å². The van der Waals surface area contributed by atoms with E-state index in [0.717, 1.165) is 68.9 Å². The summed E-state index contributed by atoms with van der Waals surface area (Å²) in [6, 6.07) is 12.0. The van der Waals surface area contributed by atoms with E-state index in [4.69, 9.17) is 34.8 Å². The molecule has 3 fully saturated rings. The van der Waals surface area contributed by atoms with Crippen LogP contribution in [0.5, 0.6) is 0 Å². The zero-order valence-corrected chi connectivity index (χ0v) is 28.6. The lowest BCUT2D eigenvalue weighted by molar-refractivity contribution is -0.137. The van der Waals surface area contributed by atoms with Crippen LogP contribution in [0.3, 0.4) is 0 Å². The molecule has 3 aliphatic heterocycles. The van der Waals surface area contributed by atoms with Crippen molar-refractivity contribution in [1.82, 2.24) is 14.7 Å². The second kappa shape index (κ2) is 17.1. The number of likely N-dealkylation sites (tertiary alicyclic amines) is 3. The van der Waals surface area contributed by atoms with E-state index < -0.39 is 0 Å². The van der Waals surface area contributed by atoms with Crippen molar-refractivity contribution >= 4 is 65.5 Å². The van der Waals surface area contributed by atoms with Crippen LogP contribution in [-0.4, -0.2) is 72.5 Å². The summed E-state index contributed by atoms with van der Waals surface area (Å²) in [7, 11) is 0. The molecule has 0 bridgehead atoms. The van der Waals surface area contributed by atoms with Crippen molar-refractivity contribution in [2.24, 2.45) is 5.92 Å². The number of hydrogen-bond acceptors (Lipinski definition) is 3. The third kappa shape index (κ3) is 9.16. The highest BCUT2D eigenvalue weighted by Crippen LogP contribution is 2.34. The predicted octanol–water partition coefficient (Wildman–Crippen LogP) is 8.57. The molecule has 4 nitrogen and oxygen atoms in total. The van der Waals surface area contributed by atoms with E-state index in [9.17, 15) is 4.79 Å². The van der Waals surface area contributed by atoms with Crippen molar-refractivity contribution in [2.45, 2.75) is 76.7 Å². The summed E-state index contributed by atoms with van der Waals surface area (Å²) in [6.07, 6.45) is 9.86. The Kier molecular flexibility index (Phi) is 14.6. The fraction of sp³-hybridized carbons (Fsp3) is 0.606. The number of carbonyl (C=O) groups is 1. The molecule has 0 radical (unpaired) electrons. The molecule has 5 rings (SSSR count). The number of amides is 1. The van der Waals surface area contributed by atoms with Crippen LogP contribution in [0.15, 0.2) is 36.4 Å². The van der Waals surface area contributed by atoms with Crippen molar-refractivity contribution in [3.8, 4) is 0 Å². The summed E-state index contributed by atoms with van der Waals surface area (Å²) in [6.45, 7) is 9.55. The number of halogens is 5. The number of rotatable bonds is 10. The topological polar surface area (TPSA) is 26.8 Å². The number of carbonyl (C=O) groups excluding carboxylic acids is 1. The van der Waals surface area contributed by atoms with Gasteiger partial charge in [-0.3, -0.25) is 9.69 Å². The Morgan fingerprint density at radius 1 is 0.810 bits per heavy atom. The first-order chi connectivity index (χ1) is 19.4. The number of benzene rings is 2. The zero-order chi connectivity index (χ0) is 28.1. The van der Waals surface area contributed by atoms with Crippen molar-refractivity contribution in [1.29, 1.82) is 0 Å². The molecule has 234 valence electrons. The van der Waals surface area contributed by atoms with Crippen molar-refractivity contribution in [3.05, 3.63) is 68.2 Å². The monoisotopic (exact) mass is 675 g/mol. The van der Waals surface area contributed by atoms with Gasteiger partial charge in [0.25, 0.3) is 0 Å². The highest BCUT2D eigenvalue weighted by Gasteiger charge is 2.34. The molecule has 9 heteroatoms. The van der Waals surface area contributed by atoms with E-state index in [-0.39, 0.29) is 36.8 Å². The summed E-state index contributed by atoms with van der Waals surface area (Å²) in [5, 5.41) is 2.10. The van der Waals surface area contributed by atoms with Gasteiger partial charge in [0.15, 0.2) is 0 Å². The molecule has 42 heavy (non-hydrogen) atoms. The van der Waals surface area contributed by atoms with E-state index in [0.29, 0.717) is 28.3 Å². The third-order valence-corrected chi connectivity index (χ3v) is 10.3. The Morgan fingerprint density at radius 3 is 2.07 bits per heavy atom.